The summed E-state index contributed by atoms with van der Waals surface area (Å²) in [6.45, 7) is 4.34. The number of rotatable bonds is 4. The van der Waals surface area contributed by atoms with E-state index < -0.39 is 0 Å². The molecule has 1 aliphatic heterocycles. The molecule has 0 radical (unpaired) electrons. The van der Waals surface area contributed by atoms with Gasteiger partial charge in [-0.2, -0.15) is 0 Å². The molecule has 0 atom stereocenters. The average molecular weight is 417 g/mol. The van der Waals surface area contributed by atoms with Crippen molar-refractivity contribution in [2.75, 3.05) is 26.7 Å². The maximum absolute atomic E-state index is 4.47. The number of nitrogens with one attached hydrogen (secondary N) is 1. The fraction of sp³-hybridized carbons (Fsp3) is 0.750. The lowest BCUT2D eigenvalue weighted by Gasteiger charge is -2.25. The van der Waals surface area contributed by atoms with Gasteiger partial charge in [-0.15, -0.1) is 24.0 Å². The highest BCUT2D eigenvalue weighted by molar-refractivity contribution is 14.0. The Morgan fingerprint density at radius 1 is 1.32 bits per heavy atom. The molecule has 0 aromatic carbocycles. The highest BCUT2D eigenvalue weighted by Crippen LogP contribution is 2.45. The molecule has 1 spiro atoms. The molecule has 2 fully saturated rings. The molecule has 5 nitrogen and oxygen atoms in total. The highest BCUT2D eigenvalue weighted by atomic mass is 127. The van der Waals surface area contributed by atoms with E-state index in [1.807, 2.05) is 25.8 Å². The quantitative estimate of drug-likeness (QED) is 0.355. The molecule has 1 aliphatic carbocycles. The number of aryl methyl sites for hydroxylation is 1. The Labute approximate surface area is 150 Å². The van der Waals surface area contributed by atoms with Gasteiger partial charge in [-0.05, 0) is 31.1 Å². The van der Waals surface area contributed by atoms with Crippen LogP contribution in [0.4, 0.5) is 0 Å². The van der Waals surface area contributed by atoms with Gasteiger partial charge in [-0.3, -0.25) is 4.99 Å². The number of aliphatic imine (C=N–C) groups is 1. The van der Waals surface area contributed by atoms with Gasteiger partial charge in [-0.1, -0.05) is 12.8 Å². The molecule has 0 bridgehead atoms. The number of nitrogens with zero attached hydrogens (tertiary/aromatic N) is 4. The number of aromatic nitrogens is 2. The van der Waals surface area contributed by atoms with Crippen molar-refractivity contribution in [3.63, 3.8) is 0 Å². The first-order valence-electron chi connectivity index (χ1n) is 8.23. The van der Waals surface area contributed by atoms with Gasteiger partial charge in [0.15, 0.2) is 5.96 Å². The topological polar surface area (TPSA) is 45.5 Å². The van der Waals surface area contributed by atoms with Crippen molar-refractivity contribution >= 4 is 29.9 Å². The molecular weight excluding hydrogens is 389 g/mol. The van der Waals surface area contributed by atoms with Crippen molar-refractivity contribution in [2.24, 2.45) is 10.4 Å². The molecule has 1 saturated heterocycles. The summed E-state index contributed by atoms with van der Waals surface area (Å²) in [6, 6.07) is 0. The third kappa shape index (κ3) is 4.14. The van der Waals surface area contributed by atoms with Gasteiger partial charge in [-0.25, -0.2) is 4.98 Å². The van der Waals surface area contributed by atoms with E-state index in [2.05, 4.69) is 24.8 Å². The van der Waals surface area contributed by atoms with Crippen LogP contribution in [0.2, 0.25) is 0 Å². The van der Waals surface area contributed by atoms with Gasteiger partial charge in [0.2, 0.25) is 0 Å². The summed E-state index contributed by atoms with van der Waals surface area (Å²) in [4.78, 5) is 11.0. The summed E-state index contributed by atoms with van der Waals surface area (Å²) in [5.74, 6) is 1.09. The van der Waals surface area contributed by atoms with E-state index in [9.17, 15) is 0 Å². The molecule has 6 heteroatoms. The van der Waals surface area contributed by atoms with Crippen molar-refractivity contribution in [1.29, 1.82) is 0 Å². The van der Waals surface area contributed by atoms with E-state index in [-0.39, 0.29) is 24.0 Å². The van der Waals surface area contributed by atoms with E-state index in [0.29, 0.717) is 5.41 Å². The Morgan fingerprint density at radius 2 is 2.14 bits per heavy atom. The minimum Gasteiger partial charge on any atom is -0.356 e. The second-order valence-electron chi connectivity index (χ2n) is 6.51. The monoisotopic (exact) mass is 417 g/mol. The van der Waals surface area contributed by atoms with Gasteiger partial charge in [0.25, 0.3) is 0 Å². The van der Waals surface area contributed by atoms with E-state index >= 15 is 0 Å². The zero-order chi connectivity index (χ0) is 14.5. The van der Waals surface area contributed by atoms with Crippen molar-refractivity contribution in [3.05, 3.63) is 18.7 Å². The predicted molar refractivity (Wildman–Crippen MR) is 101 cm³/mol. The summed E-state index contributed by atoms with van der Waals surface area (Å²) in [5.41, 5.74) is 0.606. The number of hydrogen-bond donors (Lipinski definition) is 1. The standard InChI is InChI=1S/C16H27N5.HI/c1-17-15(19-8-4-10-20-12-9-18-14-20)21-11-7-16(13-21)5-2-3-6-16;/h9,12,14H,2-8,10-11,13H2,1H3,(H,17,19);1H. The average Bonchev–Trinajstić information content (AvgIpc) is 3.24. The minimum absolute atomic E-state index is 0. The lowest BCUT2D eigenvalue weighted by atomic mass is 9.86. The van der Waals surface area contributed by atoms with Crippen LogP contribution in [0.1, 0.15) is 38.5 Å². The first kappa shape index (κ1) is 17.6. The number of hydrogen-bond acceptors (Lipinski definition) is 2. The Bertz CT molecular complexity index is 465. The fourth-order valence-corrected chi connectivity index (χ4v) is 3.86. The normalized spacial score (nSPS) is 20.4. The highest BCUT2D eigenvalue weighted by Gasteiger charge is 2.40. The van der Waals surface area contributed by atoms with Gasteiger partial charge in [0.1, 0.15) is 0 Å². The van der Waals surface area contributed by atoms with E-state index in [4.69, 9.17) is 0 Å². The van der Waals surface area contributed by atoms with Crippen LogP contribution in [0, 0.1) is 5.41 Å². The van der Waals surface area contributed by atoms with Gasteiger partial charge < -0.3 is 14.8 Å². The molecule has 1 N–H and O–H groups in total. The molecular formula is C16H28IN5. The largest absolute Gasteiger partial charge is 0.356 e. The molecule has 124 valence electrons. The summed E-state index contributed by atoms with van der Waals surface area (Å²) >= 11 is 0. The Morgan fingerprint density at radius 3 is 2.82 bits per heavy atom. The summed E-state index contributed by atoms with van der Waals surface area (Å²) in [7, 11) is 1.90. The van der Waals surface area contributed by atoms with E-state index in [1.165, 1.54) is 45.2 Å². The Balaban J connectivity index is 0.00000176. The van der Waals surface area contributed by atoms with Crippen LogP contribution in [-0.4, -0.2) is 47.1 Å². The van der Waals surface area contributed by atoms with Crippen LogP contribution in [0.5, 0.6) is 0 Å². The first-order chi connectivity index (χ1) is 10.3. The van der Waals surface area contributed by atoms with Crippen molar-refractivity contribution < 1.29 is 0 Å². The molecule has 1 aromatic heterocycles. The van der Waals surface area contributed by atoms with Gasteiger partial charge >= 0.3 is 0 Å². The van der Waals surface area contributed by atoms with Crippen LogP contribution in [0.25, 0.3) is 0 Å². The van der Waals surface area contributed by atoms with Gasteiger partial charge in [0.05, 0.1) is 6.33 Å². The molecule has 22 heavy (non-hydrogen) atoms. The smallest absolute Gasteiger partial charge is 0.193 e. The van der Waals surface area contributed by atoms with Crippen LogP contribution in [0.15, 0.2) is 23.7 Å². The predicted octanol–water partition coefficient (Wildman–Crippen LogP) is 2.73. The lowest BCUT2D eigenvalue weighted by Crippen LogP contribution is -2.41. The third-order valence-corrected chi connectivity index (χ3v) is 5.05. The summed E-state index contributed by atoms with van der Waals surface area (Å²) in [6.07, 6.45) is 13.8. The van der Waals surface area contributed by atoms with E-state index in [0.717, 1.165) is 25.5 Å². The molecule has 0 unspecified atom stereocenters. The maximum atomic E-state index is 4.47. The van der Waals surface area contributed by atoms with Crippen LogP contribution < -0.4 is 5.32 Å². The third-order valence-electron chi connectivity index (χ3n) is 5.05. The van der Waals surface area contributed by atoms with Gasteiger partial charge in [0, 0.05) is 45.6 Å². The number of imidazole rings is 1. The zero-order valence-corrected chi connectivity index (χ0v) is 15.8. The van der Waals surface area contributed by atoms with Crippen LogP contribution in [0.3, 0.4) is 0 Å². The van der Waals surface area contributed by atoms with Crippen molar-refractivity contribution in [3.8, 4) is 0 Å². The van der Waals surface area contributed by atoms with Crippen LogP contribution in [-0.2, 0) is 6.54 Å². The van der Waals surface area contributed by atoms with Crippen molar-refractivity contribution in [1.82, 2.24) is 19.8 Å². The molecule has 1 aromatic rings. The summed E-state index contributed by atoms with van der Waals surface area (Å²) < 4.78 is 2.12. The second-order valence-corrected chi connectivity index (χ2v) is 6.51. The minimum atomic E-state index is 0. The maximum Gasteiger partial charge on any atom is 0.193 e. The Hall–Kier alpha value is -0.790. The van der Waals surface area contributed by atoms with E-state index in [1.54, 1.807) is 0 Å². The molecule has 2 aliphatic rings. The van der Waals surface area contributed by atoms with Crippen LogP contribution >= 0.6 is 24.0 Å². The lowest BCUT2D eigenvalue weighted by molar-refractivity contribution is 0.309. The molecule has 0 amide bonds. The first-order valence-corrected chi connectivity index (χ1v) is 8.23. The second kappa shape index (κ2) is 8.17. The van der Waals surface area contributed by atoms with Crippen molar-refractivity contribution in [2.45, 2.75) is 45.1 Å². The number of halogens is 1. The zero-order valence-electron chi connectivity index (χ0n) is 13.5. The number of guanidine groups is 1. The number of likely N-dealkylation sites (tertiary alicyclic amines) is 1. The fourth-order valence-electron chi connectivity index (χ4n) is 3.86. The SMILES string of the molecule is CN=C(NCCCn1ccnc1)N1CCC2(CCCC2)C1.I. The molecule has 2 heterocycles. The molecule has 3 rings (SSSR count). The summed E-state index contributed by atoms with van der Waals surface area (Å²) in [5, 5.41) is 3.52. The Kier molecular flexibility index (Phi) is 6.52. The molecule has 1 saturated carbocycles.